The topological polar surface area (TPSA) is 95.1 Å². The van der Waals surface area contributed by atoms with E-state index in [1.807, 2.05) is 0 Å². The Kier molecular flexibility index (Phi) is 3.19. The number of aromatic carboxylic acids is 1. The number of nitrogens with zero attached hydrogens (tertiary/aromatic N) is 1. The summed E-state index contributed by atoms with van der Waals surface area (Å²) in [6, 6.07) is 5.07. The van der Waals surface area contributed by atoms with E-state index in [1.165, 1.54) is 0 Å². The molecule has 21 heavy (non-hydrogen) atoms. The number of carboxylic acids is 1. The number of rotatable bonds is 3. The van der Waals surface area contributed by atoms with E-state index < -0.39 is 5.97 Å². The first-order valence-electron chi connectivity index (χ1n) is 6.12. The summed E-state index contributed by atoms with van der Waals surface area (Å²) in [4.78, 5) is 30.6. The first-order chi connectivity index (χ1) is 10.1. The van der Waals surface area contributed by atoms with Gasteiger partial charge >= 0.3 is 5.97 Å². The Balaban J connectivity index is 1.92. The monoisotopic (exact) mass is 301 g/mol. The maximum absolute atomic E-state index is 12.3. The lowest BCUT2D eigenvalue weighted by atomic mass is 10.1. The van der Waals surface area contributed by atoms with Gasteiger partial charge in [0.25, 0.3) is 5.91 Å². The average molecular weight is 301 g/mol. The van der Waals surface area contributed by atoms with Crippen molar-refractivity contribution in [3.8, 4) is 0 Å². The molecular formula is C14H11N3O3S. The lowest BCUT2D eigenvalue weighted by Gasteiger charge is -2.06. The van der Waals surface area contributed by atoms with Crippen LogP contribution in [0.1, 0.15) is 25.6 Å². The molecule has 1 amide bonds. The largest absolute Gasteiger partial charge is 0.477 e. The van der Waals surface area contributed by atoms with E-state index >= 15 is 0 Å². The highest BCUT2D eigenvalue weighted by Gasteiger charge is 2.18. The zero-order valence-electron chi connectivity index (χ0n) is 11.0. The van der Waals surface area contributed by atoms with Crippen molar-refractivity contribution < 1.29 is 14.7 Å². The predicted molar refractivity (Wildman–Crippen MR) is 80.1 cm³/mol. The number of hydrogen-bond donors (Lipinski definition) is 3. The van der Waals surface area contributed by atoms with E-state index in [0.717, 1.165) is 27.9 Å². The van der Waals surface area contributed by atoms with Crippen LogP contribution >= 0.6 is 11.3 Å². The maximum atomic E-state index is 12.3. The molecule has 3 N–H and O–H groups in total. The van der Waals surface area contributed by atoms with E-state index in [0.29, 0.717) is 11.3 Å². The number of benzene rings is 1. The fraction of sp³-hybridized carbons (Fsp3) is 0.0714. The van der Waals surface area contributed by atoms with Gasteiger partial charge in [-0.1, -0.05) is 0 Å². The smallest absolute Gasteiger partial charge is 0.348 e. The molecule has 0 unspecified atom stereocenters. The number of carbonyl (C=O) groups excluding carboxylic acids is 1. The first kappa shape index (κ1) is 13.3. The number of carbonyl (C=O) groups is 2. The summed E-state index contributed by atoms with van der Waals surface area (Å²) in [7, 11) is 0. The van der Waals surface area contributed by atoms with Crippen LogP contribution in [0.15, 0.2) is 29.9 Å². The number of thiophene rings is 1. The Hall–Kier alpha value is -2.67. The van der Waals surface area contributed by atoms with E-state index in [1.54, 1.807) is 36.8 Å². The van der Waals surface area contributed by atoms with Crippen LogP contribution in [0.2, 0.25) is 0 Å². The zero-order valence-corrected chi connectivity index (χ0v) is 11.8. The molecule has 1 aromatic carbocycles. The number of aromatic amines is 1. The molecular weight excluding hydrogens is 290 g/mol. The van der Waals surface area contributed by atoms with Crippen molar-refractivity contribution >= 4 is 39.9 Å². The molecule has 0 saturated carbocycles. The van der Waals surface area contributed by atoms with Crippen LogP contribution in [0.3, 0.4) is 0 Å². The van der Waals surface area contributed by atoms with E-state index in [-0.39, 0.29) is 10.8 Å². The summed E-state index contributed by atoms with van der Waals surface area (Å²) in [5.41, 5.74) is 3.04. The minimum absolute atomic E-state index is 0.128. The molecule has 6 nitrogen and oxygen atoms in total. The SMILES string of the molecule is Cc1csc(C(=O)O)c1NC(=O)c1ccc2nc[nH]c2c1. The van der Waals surface area contributed by atoms with Gasteiger partial charge in [0, 0.05) is 5.56 Å². The summed E-state index contributed by atoms with van der Waals surface area (Å²) < 4.78 is 0. The lowest BCUT2D eigenvalue weighted by Crippen LogP contribution is -2.14. The molecule has 0 atom stereocenters. The third-order valence-electron chi connectivity index (χ3n) is 3.09. The third kappa shape index (κ3) is 2.38. The molecule has 0 fully saturated rings. The number of aromatic nitrogens is 2. The molecule has 0 saturated heterocycles. The number of amides is 1. The van der Waals surface area contributed by atoms with Crippen LogP contribution in [-0.4, -0.2) is 27.0 Å². The molecule has 0 spiro atoms. The fourth-order valence-corrected chi connectivity index (χ4v) is 2.86. The Morgan fingerprint density at radius 1 is 1.38 bits per heavy atom. The molecule has 0 aliphatic carbocycles. The van der Waals surface area contributed by atoms with Crippen molar-refractivity contribution in [1.82, 2.24) is 9.97 Å². The van der Waals surface area contributed by atoms with Crippen molar-refractivity contribution in [2.45, 2.75) is 6.92 Å². The van der Waals surface area contributed by atoms with Gasteiger partial charge in [0.2, 0.25) is 0 Å². The quantitative estimate of drug-likeness (QED) is 0.693. The van der Waals surface area contributed by atoms with Gasteiger partial charge in [0.1, 0.15) is 4.88 Å². The summed E-state index contributed by atoms with van der Waals surface area (Å²) >= 11 is 1.09. The van der Waals surface area contributed by atoms with Gasteiger partial charge in [0.15, 0.2) is 0 Å². The van der Waals surface area contributed by atoms with Crippen LogP contribution in [0.4, 0.5) is 5.69 Å². The number of nitrogens with one attached hydrogen (secondary N) is 2. The Morgan fingerprint density at radius 3 is 2.95 bits per heavy atom. The van der Waals surface area contributed by atoms with Crippen molar-refractivity contribution in [2.75, 3.05) is 5.32 Å². The Morgan fingerprint density at radius 2 is 2.19 bits per heavy atom. The average Bonchev–Trinajstić information content (AvgIpc) is 3.05. The van der Waals surface area contributed by atoms with Crippen LogP contribution in [0.5, 0.6) is 0 Å². The standard InChI is InChI=1S/C14H11N3O3S/c1-7-5-21-12(14(19)20)11(7)17-13(18)8-2-3-9-10(4-8)16-6-15-9/h2-6H,1H3,(H,15,16)(H,17,18)(H,19,20). The number of H-pyrrole nitrogens is 1. The fourth-order valence-electron chi connectivity index (χ4n) is 2.02. The van der Waals surface area contributed by atoms with Crippen molar-refractivity contribution in [3.05, 3.63) is 45.9 Å². The molecule has 2 aromatic heterocycles. The molecule has 106 valence electrons. The van der Waals surface area contributed by atoms with Crippen molar-refractivity contribution in [1.29, 1.82) is 0 Å². The summed E-state index contributed by atoms with van der Waals surface area (Å²) in [5, 5.41) is 13.5. The molecule has 7 heteroatoms. The molecule has 3 rings (SSSR count). The minimum atomic E-state index is -1.05. The van der Waals surface area contributed by atoms with Gasteiger partial charge in [-0.15, -0.1) is 11.3 Å². The van der Waals surface area contributed by atoms with Crippen LogP contribution in [0, 0.1) is 6.92 Å². The maximum Gasteiger partial charge on any atom is 0.348 e. The third-order valence-corrected chi connectivity index (χ3v) is 4.18. The molecule has 0 bridgehead atoms. The number of aryl methyl sites for hydroxylation is 1. The number of hydrogen-bond acceptors (Lipinski definition) is 4. The van der Waals surface area contributed by atoms with Crippen LogP contribution < -0.4 is 5.32 Å². The number of carboxylic acid groups (broad SMARTS) is 1. The second kappa shape index (κ2) is 5.02. The zero-order chi connectivity index (χ0) is 15.0. The van der Waals surface area contributed by atoms with E-state index in [9.17, 15) is 9.59 Å². The van der Waals surface area contributed by atoms with Gasteiger partial charge in [-0.25, -0.2) is 9.78 Å². The Bertz CT molecular complexity index is 850. The van der Waals surface area contributed by atoms with E-state index in [2.05, 4.69) is 15.3 Å². The van der Waals surface area contributed by atoms with Crippen molar-refractivity contribution in [2.24, 2.45) is 0 Å². The number of imidazole rings is 1. The first-order valence-corrected chi connectivity index (χ1v) is 7.00. The molecule has 0 aliphatic heterocycles. The normalized spacial score (nSPS) is 10.7. The van der Waals surface area contributed by atoms with Crippen LogP contribution in [-0.2, 0) is 0 Å². The minimum Gasteiger partial charge on any atom is -0.477 e. The summed E-state index contributed by atoms with van der Waals surface area (Å²) in [6.07, 6.45) is 1.55. The second-order valence-corrected chi connectivity index (χ2v) is 5.40. The van der Waals surface area contributed by atoms with Gasteiger partial charge in [-0.3, -0.25) is 4.79 Å². The number of anilines is 1. The summed E-state index contributed by atoms with van der Waals surface area (Å²) in [6.45, 7) is 1.76. The molecule has 0 aliphatic rings. The Labute approximate surface area is 123 Å². The summed E-state index contributed by atoms with van der Waals surface area (Å²) in [5.74, 6) is -1.40. The van der Waals surface area contributed by atoms with E-state index in [4.69, 9.17) is 5.11 Å². The van der Waals surface area contributed by atoms with Gasteiger partial charge in [-0.05, 0) is 36.1 Å². The molecule has 2 heterocycles. The number of fused-ring (bicyclic) bond motifs is 1. The highest BCUT2D eigenvalue weighted by molar-refractivity contribution is 7.12. The highest BCUT2D eigenvalue weighted by atomic mass is 32.1. The highest BCUT2D eigenvalue weighted by Crippen LogP contribution is 2.28. The second-order valence-electron chi connectivity index (χ2n) is 4.52. The van der Waals surface area contributed by atoms with Gasteiger partial charge in [0.05, 0.1) is 23.0 Å². The van der Waals surface area contributed by atoms with Crippen molar-refractivity contribution in [3.63, 3.8) is 0 Å². The van der Waals surface area contributed by atoms with Gasteiger partial charge < -0.3 is 15.4 Å². The molecule has 0 radical (unpaired) electrons. The predicted octanol–water partition coefficient (Wildman–Crippen LogP) is 2.88. The van der Waals surface area contributed by atoms with Crippen LogP contribution in [0.25, 0.3) is 11.0 Å². The molecule has 3 aromatic rings. The lowest BCUT2D eigenvalue weighted by molar-refractivity contribution is 0.0703. The van der Waals surface area contributed by atoms with Gasteiger partial charge in [-0.2, -0.15) is 0 Å².